The summed E-state index contributed by atoms with van der Waals surface area (Å²) in [4.78, 5) is 19.2. The molecule has 0 spiro atoms. The number of hydrogen-bond donors (Lipinski definition) is 0. The normalized spacial score (nSPS) is 21.1. The Morgan fingerprint density at radius 2 is 2.04 bits per heavy atom. The third-order valence-corrected chi connectivity index (χ3v) is 4.73. The van der Waals surface area contributed by atoms with Crippen LogP contribution in [0.4, 0.5) is 0 Å². The van der Waals surface area contributed by atoms with Gasteiger partial charge in [-0.1, -0.05) is 22.0 Å². The van der Waals surface area contributed by atoms with Crippen LogP contribution in [-0.2, 0) is 16.0 Å². The van der Waals surface area contributed by atoms with Gasteiger partial charge in [0, 0.05) is 10.0 Å². The number of aryl methyl sites for hydroxylation is 1. The summed E-state index contributed by atoms with van der Waals surface area (Å²) < 4.78 is 12.2. The largest absolute Gasteiger partial charge is 0.441 e. The summed E-state index contributed by atoms with van der Waals surface area (Å²) in [7, 11) is 0. The fraction of sp³-hybridized carbons (Fsp3) is 0.444. The van der Waals surface area contributed by atoms with Crippen LogP contribution in [0.2, 0.25) is 0 Å². The van der Waals surface area contributed by atoms with Gasteiger partial charge in [0.05, 0.1) is 37.4 Å². The number of rotatable bonds is 3. The van der Waals surface area contributed by atoms with Gasteiger partial charge >= 0.3 is 0 Å². The van der Waals surface area contributed by atoms with Gasteiger partial charge in [0.2, 0.25) is 11.8 Å². The van der Waals surface area contributed by atoms with Crippen LogP contribution in [0.25, 0.3) is 11.5 Å². The molecule has 0 bridgehead atoms. The van der Waals surface area contributed by atoms with Gasteiger partial charge < -0.3 is 14.1 Å². The summed E-state index contributed by atoms with van der Waals surface area (Å²) in [6, 6.07) is 7.93. The lowest BCUT2D eigenvalue weighted by Crippen LogP contribution is -2.53. The fourth-order valence-electron chi connectivity index (χ4n) is 3.07. The second kappa shape index (κ2) is 7.07. The molecule has 2 heterocycles. The first kappa shape index (κ1) is 17.2. The molecular weight excluding hydrogens is 372 g/mol. The molecule has 0 aliphatic carbocycles. The average Bonchev–Trinajstić information content (AvgIpc) is 2.88. The lowest BCUT2D eigenvalue weighted by molar-refractivity contribution is -0.143. The van der Waals surface area contributed by atoms with E-state index in [4.69, 9.17) is 9.15 Å². The van der Waals surface area contributed by atoms with Crippen molar-refractivity contribution in [2.45, 2.75) is 39.3 Å². The number of hydrogen-bond acceptors (Lipinski definition) is 4. The van der Waals surface area contributed by atoms with Crippen LogP contribution in [0.5, 0.6) is 0 Å². The van der Waals surface area contributed by atoms with Crippen molar-refractivity contribution >= 4 is 21.8 Å². The monoisotopic (exact) mass is 392 g/mol. The van der Waals surface area contributed by atoms with Crippen molar-refractivity contribution in [1.29, 1.82) is 0 Å². The van der Waals surface area contributed by atoms with E-state index < -0.39 is 0 Å². The lowest BCUT2D eigenvalue weighted by atomic mass is 10.1. The molecule has 1 aliphatic rings. The highest BCUT2D eigenvalue weighted by molar-refractivity contribution is 9.10. The van der Waals surface area contributed by atoms with Gasteiger partial charge in [0.1, 0.15) is 5.76 Å². The molecule has 5 nitrogen and oxygen atoms in total. The van der Waals surface area contributed by atoms with Crippen LogP contribution in [0, 0.1) is 6.92 Å². The third-order valence-electron chi connectivity index (χ3n) is 4.24. The third kappa shape index (κ3) is 3.54. The van der Waals surface area contributed by atoms with E-state index >= 15 is 0 Å². The van der Waals surface area contributed by atoms with E-state index in [1.165, 1.54) is 0 Å². The predicted octanol–water partition coefficient (Wildman–Crippen LogP) is 3.59. The number of amides is 1. The second-order valence-corrected chi connectivity index (χ2v) is 7.16. The molecule has 0 saturated carbocycles. The van der Waals surface area contributed by atoms with Crippen molar-refractivity contribution in [2.24, 2.45) is 0 Å². The van der Waals surface area contributed by atoms with Gasteiger partial charge in [0.25, 0.3) is 0 Å². The van der Waals surface area contributed by atoms with Gasteiger partial charge in [0.15, 0.2) is 0 Å². The summed E-state index contributed by atoms with van der Waals surface area (Å²) in [5.41, 5.74) is 1.58. The number of oxazole rings is 1. The fourth-order valence-corrected chi connectivity index (χ4v) is 3.47. The number of carbonyl (C=O) groups is 1. The van der Waals surface area contributed by atoms with Crippen molar-refractivity contribution in [3.8, 4) is 11.5 Å². The Hall–Kier alpha value is -1.66. The molecule has 2 aromatic rings. The zero-order valence-corrected chi connectivity index (χ0v) is 15.7. The topological polar surface area (TPSA) is 55.6 Å². The molecule has 0 radical (unpaired) electrons. The summed E-state index contributed by atoms with van der Waals surface area (Å²) in [6.07, 6.45) is 0.248. The van der Waals surface area contributed by atoms with Gasteiger partial charge in [-0.3, -0.25) is 4.79 Å². The van der Waals surface area contributed by atoms with Crippen LogP contribution < -0.4 is 0 Å². The van der Waals surface area contributed by atoms with Gasteiger partial charge in [-0.05, 0) is 39.0 Å². The maximum absolute atomic E-state index is 12.7. The smallest absolute Gasteiger partial charge is 0.229 e. The number of halogens is 1. The number of benzene rings is 1. The Bertz CT molecular complexity index is 734. The number of morpholine rings is 1. The molecule has 6 heteroatoms. The highest BCUT2D eigenvalue weighted by atomic mass is 79.9. The maximum Gasteiger partial charge on any atom is 0.229 e. The van der Waals surface area contributed by atoms with E-state index in [2.05, 4.69) is 20.9 Å². The summed E-state index contributed by atoms with van der Waals surface area (Å²) in [6.45, 7) is 7.03. The zero-order valence-electron chi connectivity index (χ0n) is 14.1. The quantitative estimate of drug-likeness (QED) is 0.800. The van der Waals surface area contributed by atoms with E-state index in [9.17, 15) is 4.79 Å². The van der Waals surface area contributed by atoms with E-state index in [0.29, 0.717) is 30.6 Å². The predicted molar refractivity (Wildman–Crippen MR) is 94.7 cm³/mol. The van der Waals surface area contributed by atoms with Crippen molar-refractivity contribution in [2.75, 3.05) is 13.2 Å². The van der Waals surface area contributed by atoms with Gasteiger partial charge in [-0.15, -0.1) is 0 Å². The van der Waals surface area contributed by atoms with Crippen molar-refractivity contribution in [3.05, 3.63) is 40.2 Å². The molecule has 2 unspecified atom stereocenters. The minimum atomic E-state index is 0.0653. The van der Waals surface area contributed by atoms with Gasteiger partial charge in [-0.25, -0.2) is 4.98 Å². The van der Waals surface area contributed by atoms with Crippen LogP contribution in [0.1, 0.15) is 25.3 Å². The molecule has 1 fully saturated rings. The van der Waals surface area contributed by atoms with E-state index in [0.717, 1.165) is 10.0 Å². The summed E-state index contributed by atoms with van der Waals surface area (Å²) in [5.74, 6) is 1.29. The second-order valence-electron chi connectivity index (χ2n) is 6.25. The molecule has 128 valence electrons. The first-order valence-corrected chi connectivity index (χ1v) is 8.86. The highest BCUT2D eigenvalue weighted by Gasteiger charge is 2.30. The first-order valence-electron chi connectivity index (χ1n) is 8.07. The van der Waals surface area contributed by atoms with Crippen molar-refractivity contribution in [3.63, 3.8) is 0 Å². The minimum absolute atomic E-state index is 0.0653. The number of aromatic nitrogens is 1. The van der Waals surface area contributed by atoms with E-state index in [1.807, 2.05) is 49.9 Å². The lowest BCUT2D eigenvalue weighted by Gasteiger charge is -2.38. The van der Waals surface area contributed by atoms with Crippen molar-refractivity contribution in [1.82, 2.24) is 9.88 Å². The molecule has 2 atom stereocenters. The minimum Gasteiger partial charge on any atom is -0.441 e. The molecule has 24 heavy (non-hydrogen) atoms. The Morgan fingerprint density at radius 1 is 1.33 bits per heavy atom. The molecule has 1 aromatic heterocycles. The molecule has 1 aliphatic heterocycles. The summed E-state index contributed by atoms with van der Waals surface area (Å²) >= 11 is 3.45. The van der Waals surface area contributed by atoms with Crippen LogP contribution >= 0.6 is 15.9 Å². The van der Waals surface area contributed by atoms with Gasteiger partial charge in [-0.2, -0.15) is 0 Å². The standard InChI is InChI=1S/C18H21BrN2O3/c1-11-9-23-10-12(2)21(11)17(22)8-16-13(3)24-18(20-16)14-5-4-6-15(19)7-14/h4-7,11-12H,8-10H2,1-3H3. The molecular formula is C18H21BrN2O3. The Morgan fingerprint density at radius 3 is 2.71 bits per heavy atom. The summed E-state index contributed by atoms with van der Waals surface area (Å²) in [5, 5.41) is 0. The maximum atomic E-state index is 12.7. The van der Waals surface area contributed by atoms with E-state index in [1.54, 1.807) is 0 Å². The number of ether oxygens (including phenoxy) is 1. The van der Waals surface area contributed by atoms with Crippen LogP contribution in [0.3, 0.4) is 0 Å². The zero-order chi connectivity index (χ0) is 17.3. The SMILES string of the molecule is Cc1oc(-c2cccc(Br)c2)nc1CC(=O)N1C(C)COCC1C. The van der Waals surface area contributed by atoms with E-state index in [-0.39, 0.29) is 24.4 Å². The van der Waals surface area contributed by atoms with Crippen LogP contribution in [0.15, 0.2) is 33.2 Å². The molecule has 1 aromatic carbocycles. The molecule has 0 N–H and O–H groups in total. The molecule has 1 saturated heterocycles. The molecule has 1 amide bonds. The number of carbonyl (C=O) groups excluding carboxylic acids is 1. The van der Waals surface area contributed by atoms with Crippen LogP contribution in [-0.4, -0.2) is 41.1 Å². The number of nitrogens with zero attached hydrogens (tertiary/aromatic N) is 2. The average molecular weight is 393 g/mol. The Kier molecular flexibility index (Phi) is 5.06. The highest BCUT2D eigenvalue weighted by Crippen LogP contribution is 2.25. The Labute approximate surface area is 150 Å². The first-order chi connectivity index (χ1) is 11.5. The molecule has 3 rings (SSSR count). The van der Waals surface area contributed by atoms with Crippen molar-refractivity contribution < 1.29 is 13.9 Å². The Balaban J connectivity index is 1.79.